The lowest BCUT2D eigenvalue weighted by atomic mass is 10.1. The van der Waals surface area contributed by atoms with E-state index in [-0.39, 0.29) is 12.6 Å². The highest BCUT2D eigenvalue weighted by Crippen LogP contribution is 2.32. The van der Waals surface area contributed by atoms with Gasteiger partial charge >= 0.3 is 6.18 Å². The van der Waals surface area contributed by atoms with Crippen molar-refractivity contribution in [1.82, 2.24) is 0 Å². The number of hydrogen-bond acceptors (Lipinski definition) is 2. The van der Waals surface area contributed by atoms with Gasteiger partial charge in [-0.3, -0.25) is 0 Å². The molecule has 0 atom stereocenters. The molecule has 1 rings (SSSR count). The Morgan fingerprint density at radius 2 is 1.83 bits per heavy atom. The van der Waals surface area contributed by atoms with Gasteiger partial charge in [0.2, 0.25) is 0 Å². The number of halogens is 3. The van der Waals surface area contributed by atoms with E-state index in [2.05, 4.69) is 5.32 Å². The zero-order valence-corrected chi connectivity index (χ0v) is 10.6. The van der Waals surface area contributed by atoms with Crippen LogP contribution in [0.25, 0.3) is 0 Å². The molecule has 0 heterocycles. The highest BCUT2D eigenvalue weighted by Gasteiger charge is 2.30. The Morgan fingerprint density at radius 3 is 2.28 bits per heavy atom. The van der Waals surface area contributed by atoms with Crippen LogP contribution in [0.5, 0.6) is 0 Å². The molecular weight excluding hydrogens is 241 g/mol. The summed E-state index contributed by atoms with van der Waals surface area (Å²) in [5, 5.41) is 3.23. The molecule has 0 aromatic heterocycles. The third-order valence-corrected chi connectivity index (χ3v) is 3.00. The van der Waals surface area contributed by atoms with Crippen LogP contribution in [0.15, 0.2) is 18.2 Å². The number of nitrogens with two attached hydrogens (primary N) is 1. The fourth-order valence-corrected chi connectivity index (χ4v) is 1.79. The smallest absolute Gasteiger partial charge is 0.382 e. The van der Waals surface area contributed by atoms with Gasteiger partial charge in [-0.15, -0.1) is 0 Å². The number of anilines is 1. The fraction of sp³-hybridized carbons (Fsp3) is 0.538. The van der Waals surface area contributed by atoms with Gasteiger partial charge in [0.1, 0.15) is 0 Å². The summed E-state index contributed by atoms with van der Waals surface area (Å²) in [6.07, 6.45) is -2.49. The molecule has 0 amide bonds. The normalized spacial score (nSPS) is 11.9. The van der Waals surface area contributed by atoms with Crippen molar-refractivity contribution in [2.75, 3.05) is 5.32 Å². The van der Waals surface area contributed by atoms with Gasteiger partial charge in [-0.05, 0) is 36.6 Å². The standard InChI is InChI=1S/C13H19F3N2/c1-3-11(4-2)18-12-6-5-10(13(14,15)16)7-9(12)8-17/h5-7,11,18H,3-4,8,17H2,1-2H3. The molecule has 102 valence electrons. The molecule has 2 nitrogen and oxygen atoms in total. The first-order valence-corrected chi connectivity index (χ1v) is 6.09. The molecule has 0 bridgehead atoms. The molecule has 0 radical (unpaired) electrons. The highest BCUT2D eigenvalue weighted by atomic mass is 19.4. The van der Waals surface area contributed by atoms with E-state index >= 15 is 0 Å². The molecule has 0 aliphatic heterocycles. The first-order valence-electron chi connectivity index (χ1n) is 6.09. The summed E-state index contributed by atoms with van der Waals surface area (Å²) in [4.78, 5) is 0. The van der Waals surface area contributed by atoms with Crippen LogP contribution >= 0.6 is 0 Å². The summed E-state index contributed by atoms with van der Waals surface area (Å²) in [6, 6.07) is 3.92. The van der Waals surface area contributed by atoms with Crippen LogP contribution in [-0.2, 0) is 12.7 Å². The third-order valence-electron chi connectivity index (χ3n) is 3.00. The Kier molecular flexibility index (Phi) is 5.02. The largest absolute Gasteiger partial charge is 0.416 e. The van der Waals surface area contributed by atoms with Crippen molar-refractivity contribution in [3.05, 3.63) is 29.3 Å². The molecule has 3 N–H and O–H groups in total. The van der Waals surface area contributed by atoms with Gasteiger partial charge in [-0.2, -0.15) is 13.2 Å². The second-order valence-corrected chi connectivity index (χ2v) is 4.23. The first-order chi connectivity index (χ1) is 8.42. The Hall–Kier alpha value is -1.23. The summed E-state index contributed by atoms with van der Waals surface area (Å²) < 4.78 is 37.7. The van der Waals surface area contributed by atoms with E-state index in [1.807, 2.05) is 13.8 Å². The molecule has 18 heavy (non-hydrogen) atoms. The van der Waals surface area contributed by atoms with E-state index in [1.54, 1.807) is 0 Å². The SMILES string of the molecule is CCC(CC)Nc1ccc(C(F)(F)F)cc1CN. The van der Waals surface area contributed by atoms with Crippen LogP contribution in [0.1, 0.15) is 37.8 Å². The molecule has 0 spiro atoms. The van der Waals surface area contributed by atoms with Crippen LogP contribution in [0.3, 0.4) is 0 Å². The lowest BCUT2D eigenvalue weighted by molar-refractivity contribution is -0.137. The number of alkyl halides is 3. The Bertz CT molecular complexity index is 384. The van der Waals surface area contributed by atoms with Crippen LogP contribution in [0, 0.1) is 0 Å². The topological polar surface area (TPSA) is 38.0 Å². The molecule has 0 aliphatic carbocycles. The average Bonchev–Trinajstić information content (AvgIpc) is 2.34. The molecular formula is C13H19F3N2. The van der Waals surface area contributed by atoms with Crippen molar-refractivity contribution in [2.45, 2.75) is 45.5 Å². The lowest BCUT2D eigenvalue weighted by Gasteiger charge is -2.19. The van der Waals surface area contributed by atoms with E-state index < -0.39 is 11.7 Å². The molecule has 0 aliphatic rings. The Morgan fingerprint density at radius 1 is 1.22 bits per heavy atom. The van der Waals surface area contributed by atoms with Crippen LogP contribution in [0.2, 0.25) is 0 Å². The fourth-order valence-electron chi connectivity index (χ4n) is 1.79. The van der Waals surface area contributed by atoms with Gasteiger partial charge in [0.25, 0.3) is 0 Å². The van der Waals surface area contributed by atoms with E-state index in [0.717, 1.165) is 25.0 Å². The minimum Gasteiger partial charge on any atom is -0.382 e. The predicted octanol–water partition coefficient (Wildman–Crippen LogP) is 3.76. The molecule has 0 saturated heterocycles. The zero-order chi connectivity index (χ0) is 13.8. The molecule has 1 aromatic carbocycles. The maximum absolute atomic E-state index is 12.6. The molecule has 0 fully saturated rings. The maximum Gasteiger partial charge on any atom is 0.416 e. The van der Waals surface area contributed by atoms with E-state index in [4.69, 9.17) is 5.73 Å². The van der Waals surface area contributed by atoms with E-state index in [0.29, 0.717) is 11.3 Å². The average molecular weight is 260 g/mol. The van der Waals surface area contributed by atoms with Gasteiger partial charge < -0.3 is 11.1 Å². The number of benzene rings is 1. The third kappa shape index (κ3) is 3.63. The van der Waals surface area contributed by atoms with Crippen LogP contribution in [0.4, 0.5) is 18.9 Å². The van der Waals surface area contributed by atoms with Crippen molar-refractivity contribution in [3.63, 3.8) is 0 Å². The maximum atomic E-state index is 12.6. The van der Waals surface area contributed by atoms with E-state index in [9.17, 15) is 13.2 Å². The van der Waals surface area contributed by atoms with E-state index in [1.165, 1.54) is 6.07 Å². The monoisotopic (exact) mass is 260 g/mol. The number of rotatable bonds is 5. The van der Waals surface area contributed by atoms with Gasteiger partial charge in [-0.25, -0.2) is 0 Å². The summed E-state index contributed by atoms with van der Waals surface area (Å²) in [5.41, 5.74) is 6.05. The summed E-state index contributed by atoms with van der Waals surface area (Å²) in [5.74, 6) is 0. The Balaban J connectivity index is 3.00. The quantitative estimate of drug-likeness (QED) is 0.845. The molecule has 0 unspecified atom stereocenters. The molecule has 5 heteroatoms. The van der Waals surface area contributed by atoms with Gasteiger partial charge in [0.15, 0.2) is 0 Å². The van der Waals surface area contributed by atoms with Crippen molar-refractivity contribution >= 4 is 5.69 Å². The lowest BCUT2D eigenvalue weighted by Crippen LogP contribution is -2.19. The van der Waals surface area contributed by atoms with Crippen molar-refractivity contribution < 1.29 is 13.2 Å². The number of nitrogens with one attached hydrogen (secondary N) is 1. The van der Waals surface area contributed by atoms with Gasteiger partial charge in [0.05, 0.1) is 5.56 Å². The first kappa shape index (κ1) is 14.8. The molecule has 0 saturated carbocycles. The second kappa shape index (κ2) is 6.09. The minimum atomic E-state index is -4.32. The van der Waals surface area contributed by atoms with Gasteiger partial charge in [-0.1, -0.05) is 13.8 Å². The Labute approximate surface area is 105 Å². The number of hydrogen-bond donors (Lipinski definition) is 2. The second-order valence-electron chi connectivity index (χ2n) is 4.23. The van der Waals surface area contributed by atoms with Gasteiger partial charge in [0, 0.05) is 18.3 Å². The van der Waals surface area contributed by atoms with Crippen molar-refractivity contribution in [2.24, 2.45) is 5.73 Å². The zero-order valence-electron chi connectivity index (χ0n) is 10.6. The summed E-state index contributed by atoms with van der Waals surface area (Å²) in [7, 11) is 0. The molecule has 1 aromatic rings. The predicted molar refractivity (Wildman–Crippen MR) is 67.3 cm³/mol. The minimum absolute atomic E-state index is 0.0897. The van der Waals surface area contributed by atoms with Crippen LogP contribution in [-0.4, -0.2) is 6.04 Å². The van der Waals surface area contributed by atoms with Crippen molar-refractivity contribution in [1.29, 1.82) is 0 Å². The summed E-state index contributed by atoms with van der Waals surface area (Å²) >= 11 is 0. The highest BCUT2D eigenvalue weighted by molar-refractivity contribution is 5.53. The van der Waals surface area contributed by atoms with Crippen molar-refractivity contribution in [3.8, 4) is 0 Å². The van der Waals surface area contributed by atoms with Crippen LogP contribution < -0.4 is 11.1 Å². The summed E-state index contributed by atoms with van der Waals surface area (Å²) in [6.45, 7) is 4.16.